The van der Waals surface area contributed by atoms with Gasteiger partial charge in [-0.3, -0.25) is 4.79 Å². The number of para-hydroxylation sites is 1. The lowest BCUT2D eigenvalue weighted by atomic mass is 10.0. The van der Waals surface area contributed by atoms with Crippen molar-refractivity contribution in [3.63, 3.8) is 0 Å². The van der Waals surface area contributed by atoms with Crippen molar-refractivity contribution in [1.82, 2.24) is 10.1 Å². The number of amides is 1. The third-order valence-corrected chi connectivity index (χ3v) is 5.55. The van der Waals surface area contributed by atoms with E-state index in [2.05, 4.69) is 16.2 Å². The van der Waals surface area contributed by atoms with Gasteiger partial charge in [0.25, 0.3) is 5.89 Å². The van der Waals surface area contributed by atoms with Gasteiger partial charge in [0.2, 0.25) is 5.91 Å². The van der Waals surface area contributed by atoms with E-state index in [0.717, 1.165) is 30.6 Å². The van der Waals surface area contributed by atoms with Crippen molar-refractivity contribution in [2.75, 3.05) is 17.2 Å². The normalized spacial score (nSPS) is 13.4. The Balaban J connectivity index is 1.34. The van der Waals surface area contributed by atoms with E-state index in [9.17, 15) is 4.79 Å². The summed E-state index contributed by atoms with van der Waals surface area (Å²) in [7, 11) is 0. The molecule has 0 unspecified atom stereocenters. The summed E-state index contributed by atoms with van der Waals surface area (Å²) in [6.07, 6.45) is 2.05. The van der Waals surface area contributed by atoms with Crippen LogP contribution in [-0.4, -0.2) is 28.3 Å². The third kappa shape index (κ3) is 4.06. The molecule has 1 aliphatic heterocycles. The number of nitrogens with zero attached hydrogens (tertiary/aromatic N) is 3. The molecule has 1 aliphatic rings. The smallest absolute Gasteiger partial charge is 0.257 e. The number of hydrogen-bond acceptors (Lipinski definition) is 5. The Labute approximate surface area is 162 Å². The number of aromatic nitrogens is 2. The van der Waals surface area contributed by atoms with Crippen LogP contribution in [0, 0.1) is 6.92 Å². The van der Waals surface area contributed by atoms with Crippen LogP contribution in [0.25, 0.3) is 11.5 Å². The minimum Gasteiger partial charge on any atom is -0.334 e. The topological polar surface area (TPSA) is 59.2 Å². The molecule has 0 spiro atoms. The highest BCUT2D eigenvalue weighted by Gasteiger charge is 2.22. The number of carbonyl (C=O) groups excluding carboxylic acids is 1. The fourth-order valence-electron chi connectivity index (χ4n) is 3.23. The second-order valence-electron chi connectivity index (χ2n) is 6.65. The molecule has 138 valence electrons. The molecule has 3 aromatic rings. The van der Waals surface area contributed by atoms with Crippen LogP contribution in [0.15, 0.2) is 53.1 Å². The summed E-state index contributed by atoms with van der Waals surface area (Å²) in [5, 5.41) is 4.03. The molecule has 2 aromatic carbocycles. The average Bonchev–Trinajstić information content (AvgIpc) is 3.17. The SMILES string of the molecule is Cc1ccc(-c2nc(CSCC(=O)N3CCCc4ccccc43)no2)cc1. The van der Waals surface area contributed by atoms with Gasteiger partial charge in [0.05, 0.1) is 11.5 Å². The first kappa shape index (κ1) is 17.8. The minimum absolute atomic E-state index is 0.134. The van der Waals surface area contributed by atoms with Crippen molar-refractivity contribution in [2.24, 2.45) is 0 Å². The second kappa shape index (κ2) is 7.96. The average molecular weight is 379 g/mol. The molecule has 1 amide bonds. The van der Waals surface area contributed by atoms with Gasteiger partial charge >= 0.3 is 0 Å². The van der Waals surface area contributed by atoms with Crippen LogP contribution < -0.4 is 4.90 Å². The quantitative estimate of drug-likeness (QED) is 0.663. The Kier molecular flexibility index (Phi) is 5.25. The van der Waals surface area contributed by atoms with Crippen LogP contribution >= 0.6 is 11.8 Å². The van der Waals surface area contributed by atoms with Crippen LogP contribution in [0.5, 0.6) is 0 Å². The highest BCUT2D eigenvalue weighted by molar-refractivity contribution is 7.99. The van der Waals surface area contributed by atoms with E-state index >= 15 is 0 Å². The largest absolute Gasteiger partial charge is 0.334 e. The molecule has 27 heavy (non-hydrogen) atoms. The van der Waals surface area contributed by atoms with Crippen molar-refractivity contribution >= 4 is 23.4 Å². The second-order valence-corrected chi connectivity index (χ2v) is 7.64. The van der Waals surface area contributed by atoms with E-state index in [1.807, 2.05) is 54.3 Å². The zero-order valence-electron chi connectivity index (χ0n) is 15.2. The maximum absolute atomic E-state index is 12.7. The molecule has 0 saturated carbocycles. The van der Waals surface area contributed by atoms with Gasteiger partial charge in [-0.25, -0.2) is 0 Å². The molecule has 0 saturated heterocycles. The molecular weight excluding hydrogens is 358 g/mol. The number of aryl methyl sites for hydroxylation is 2. The van der Waals surface area contributed by atoms with Gasteiger partial charge in [-0.2, -0.15) is 4.98 Å². The van der Waals surface area contributed by atoms with E-state index in [0.29, 0.717) is 23.2 Å². The molecular formula is C21H21N3O2S. The number of hydrogen-bond donors (Lipinski definition) is 0. The fraction of sp³-hybridized carbons (Fsp3) is 0.286. The summed E-state index contributed by atoms with van der Waals surface area (Å²) in [6, 6.07) is 16.1. The Morgan fingerprint density at radius 1 is 1.19 bits per heavy atom. The van der Waals surface area contributed by atoms with Gasteiger partial charge in [0, 0.05) is 17.8 Å². The molecule has 6 heteroatoms. The lowest BCUT2D eigenvalue weighted by Crippen LogP contribution is -2.36. The van der Waals surface area contributed by atoms with Crippen molar-refractivity contribution in [3.05, 3.63) is 65.5 Å². The monoisotopic (exact) mass is 379 g/mol. The van der Waals surface area contributed by atoms with Crippen molar-refractivity contribution in [3.8, 4) is 11.5 Å². The summed E-state index contributed by atoms with van der Waals surface area (Å²) in [5.74, 6) is 2.22. The Morgan fingerprint density at radius 2 is 2.00 bits per heavy atom. The van der Waals surface area contributed by atoms with Crippen LogP contribution in [0.1, 0.15) is 23.4 Å². The maximum Gasteiger partial charge on any atom is 0.257 e. The standard InChI is InChI=1S/C21H21N3O2S/c1-15-8-10-17(11-9-15)21-22-19(23-26-21)13-27-14-20(25)24-12-4-6-16-5-2-3-7-18(16)24/h2-3,5,7-11H,4,6,12-14H2,1H3. The Hall–Kier alpha value is -2.60. The van der Waals surface area contributed by atoms with E-state index < -0.39 is 0 Å². The molecule has 0 fully saturated rings. The first-order valence-electron chi connectivity index (χ1n) is 9.06. The molecule has 0 atom stereocenters. The van der Waals surface area contributed by atoms with Gasteiger partial charge < -0.3 is 9.42 Å². The van der Waals surface area contributed by atoms with Crippen LogP contribution in [0.2, 0.25) is 0 Å². The van der Waals surface area contributed by atoms with Gasteiger partial charge in [-0.15, -0.1) is 11.8 Å². The molecule has 2 heterocycles. The molecule has 0 N–H and O–H groups in total. The Bertz CT molecular complexity index is 937. The lowest BCUT2D eigenvalue weighted by molar-refractivity contribution is -0.116. The van der Waals surface area contributed by atoms with Crippen LogP contribution in [0.4, 0.5) is 5.69 Å². The number of thioether (sulfide) groups is 1. The number of anilines is 1. The molecule has 5 nitrogen and oxygen atoms in total. The first-order chi connectivity index (χ1) is 13.2. The summed E-state index contributed by atoms with van der Waals surface area (Å²) < 4.78 is 5.34. The summed E-state index contributed by atoms with van der Waals surface area (Å²) in [6.45, 7) is 2.83. The maximum atomic E-state index is 12.7. The van der Waals surface area contributed by atoms with E-state index in [1.165, 1.54) is 22.9 Å². The lowest BCUT2D eigenvalue weighted by Gasteiger charge is -2.29. The molecule has 0 bridgehead atoms. The molecule has 0 aliphatic carbocycles. The van der Waals surface area contributed by atoms with E-state index in [4.69, 9.17) is 4.52 Å². The molecule has 4 rings (SSSR count). The summed E-state index contributed by atoms with van der Waals surface area (Å²) in [4.78, 5) is 19.0. The predicted octanol–water partition coefficient (Wildman–Crippen LogP) is 4.26. The van der Waals surface area contributed by atoms with E-state index in [1.54, 1.807) is 0 Å². The number of carbonyl (C=O) groups is 1. The van der Waals surface area contributed by atoms with Crippen molar-refractivity contribution < 1.29 is 9.32 Å². The Morgan fingerprint density at radius 3 is 2.85 bits per heavy atom. The number of fused-ring (bicyclic) bond motifs is 1. The van der Waals surface area contributed by atoms with Crippen LogP contribution in [0.3, 0.4) is 0 Å². The highest BCUT2D eigenvalue weighted by atomic mass is 32.2. The minimum atomic E-state index is 0.134. The molecule has 0 radical (unpaired) electrons. The van der Waals surface area contributed by atoms with Crippen molar-refractivity contribution in [2.45, 2.75) is 25.5 Å². The zero-order chi connectivity index (χ0) is 18.6. The van der Waals surface area contributed by atoms with Gasteiger partial charge in [-0.1, -0.05) is 41.1 Å². The number of benzene rings is 2. The molecule has 1 aromatic heterocycles. The fourth-order valence-corrected chi connectivity index (χ4v) is 3.96. The van der Waals surface area contributed by atoms with Crippen LogP contribution in [-0.2, 0) is 17.0 Å². The van der Waals surface area contributed by atoms with Gasteiger partial charge in [0.15, 0.2) is 5.82 Å². The van der Waals surface area contributed by atoms with Crippen molar-refractivity contribution in [1.29, 1.82) is 0 Å². The third-order valence-electron chi connectivity index (χ3n) is 4.63. The van der Waals surface area contributed by atoms with Gasteiger partial charge in [0.1, 0.15) is 0 Å². The van der Waals surface area contributed by atoms with Gasteiger partial charge in [-0.05, 0) is 43.5 Å². The zero-order valence-corrected chi connectivity index (χ0v) is 16.0. The number of rotatable bonds is 5. The predicted molar refractivity (Wildman–Crippen MR) is 108 cm³/mol. The highest BCUT2D eigenvalue weighted by Crippen LogP contribution is 2.27. The first-order valence-corrected chi connectivity index (χ1v) is 10.2. The van der Waals surface area contributed by atoms with E-state index in [-0.39, 0.29) is 5.91 Å². The summed E-state index contributed by atoms with van der Waals surface area (Å²) in [5.41, 5.74) is 4.40. The summed E-state index contributed by atoms with van der Waals surface area (Å²) >= 11 is 1.52.